The highest BCUT2D eigenvalue weighted by atomic mass is 79.9. The number of aryl methyl sites for hydroxylation is 1. The first kappa shape index (κ1) is 14.9. The molecule has 0 saturated heterocycles. The van der Waals surface area contributed by atoms with Gasteiger partial charge in [-0.05, 0) is 15.9 Å². The molecule has 0 amide bonds. The van der Waals surface area contributed by atoms with Crippen molar-refractivity contribution in [2.45, 2.75) is 6.54 Å². The average Bonchev–Trinajstić information content (AvgIpc) is 2.75. The Morgan fingerprint density at radius 3 is 2.81 bits per heavy atom. The van der Waals surface area contributed by atoms with Crippen LogP contribution in [0.4, 0.5) is 5.69 Å². The number of hydrogen-bond acceptors (Lipinski definition) is 5. The number of carbonyl (C=O) groups is 1. The molecule has 0 atom stereocenters. The van der Waals surface area contributed by atoms with Crippen LogP contribution in [0.1, 0.15) is 16.1 Å². The highest BCUT2D eigenvalue weighted by molar-refractivity contribution is 9.10. The van der Waals surface area contributed by atoms with Crippen LogP contribution in [-0.2, 0) is 13.6 Å². The fraction of sp³-hybridized carbons (Fsp3) is 0.182. The maximum Gasteiger partial charge on any atom is 0.339 e. The van der Waals surface area contributed by atoms with Crippen molar-refractivity contribution in [3.05, 3.63) is 54.7 Å². The smallest absolute Gasteiger partial charge is 0.339 e. The van der Waals surface area contributed by atoms with Crippen molar-refractivity contribution in [2.24, 2.45) is 7.05 Å². The molecule has 2 aromatic heterocycles. The van der Waals surface area contributed by atoms with Crippen LogP contribution < -0.4 is 5.56 Å². The van der Waals surface area contributed by atoms with Gasteiger partial charge in [-0.15, -0.1) is 0 Å². The van der Waals surface area contributed by atoms with Crippen LogP contribution in [0, 0.1) is 10.1 Å². The summed E-state index contributed by atoms with van der Waals surface area (Å²) < 4.78 is 2.71. The SMILES string of the molecule is Cn1ncc(C(=O)O)c1Cn1cc(Br)cc([N+](=O)[O-])c1=O. The normalized spacial score (nSPS) is 10.6. The van der Waals surface area contributed by atoms with Gasteiger partial charge in [0.1, 0.15) is 5.56 Å². The number of carboxylic acid groups (broad SMARTS) is 1. The topological polar surface area (TPSA) is 120 Å². The largest absolute Gasteiger partial charge is 0.478 e. The molecule has 0 aliphatic heterocycles. The Morgan fingerprint density at radius 2 is 2.24 bits per heavy atom. The zero-order valence-corrected chi connectivity index (χ0v) is 12.3. The van der Waals surface area contributed by atoms with E-state index >= 15 is 0 Å². The molecule has 0 aliphatic rings. The fourth-order valence-corrected chi connectivity index (χ4v) is 2.29. The second kappa shape index (κ2) is 5.48. The number of nitro groups is 1. The Labute approximate surface area is 125 Å². The molecule has 2 heterocycles. The zero-order chi connectivity index (χ0) is 15.7. The van der Waals surface area contributed by atoms with E-state index in [1.807, 2.05) is 0 Å². The molecule has 0 saturated carbocycles. The van der Waals surface area contributed by atoms with Crippen LogP contribution in [-0.4, -0.2) is 30.3 Å². The first-order valence-electron chi connectivity index (χ1n) is 5.59. The number of aromatic carboxylic acids is 1. The third kappa shape index (κ3) is 2.84. The molecule has 2 rings (SSSR count). The Bertz CT molecular complexity index is 794. The van der Waals surface area contributed by atoms with Crippen LogP contribution in [0.15, 0.2) is 27.7 Å². The minimum atomic E-state index is -1.18. The molecule has 0 bridgehead atoms. The molecule has 110 valence electrons. The summed E-state index contributed by atoms with van der Waals surface area (Å²) in [5.74, 6) is -1.18. The molecule has 0 aromatic carbocycles. The molecule has 0 aliphatic carbocycles. The number of halogens is 1. The summed E-state index contributed by atoms with van der Waals surface area (Å²) in [6.45, 7) is -0.142. The number of hydrogen-bond donors (Lipinski definition) is 1. The van der Waals surface area contributed by atoms with Gasteiger partial charge in [0.05, 0.1) is 23.4 Å². The van der Waals surface area contributed by atoms with Crippen LogP contribution in [0.25, 0.3) is 0 Å². The van der Waals surface area contributed by atoms with Crippen molar-refractivity contribution in [2.75, 3.05) is 0 Å². The number of aromatic nitrogens is 3. The first-order chi connectivity index (χ1) is 9.81. The molecule has 0 fully saturated rings. The van der Waals surface area contributed by atoms with Gasteiger partial charge in [0.15, 0.2) is 0 Å². The van der Waals surface area contributed by atoms with E-state index < -0.39 is 22.1 Å². The third-order valence-corrected chi connectivity index (χ3v) is 3.28. The minimum absolute atomic E-state index is 0.0629. The van der Waals surface area contributed by atoms with Crippen molar-refractivity contribution >= 4 is 27.6 Å². The minimum Gasteiger partial charge on any atom is -0.478 e. The summed E-state index contributed by atoms with van der Waals surface area (Å²) in [6, 6.07) is 1.10. The number of nitrogens with zero attached hydrogens (tertiary/aromatic N) is 4. The Kier molecular flexibility index (Phi) is 3.89. The summed E-state index contributed by atoms with van der Waals surface area (Å²) in [4.78, 5) is 33.1. The van der Waals surface area contributed by atoms with E-state index in [0.717, 1.165) is 16.8 Å². The number of carboxylic acids is 1. The molecule has 9 nitrogen and oxygen atoms in total. The third-order valence-electron chi connectivity index (χ3n) is 2.84. The predicted molar refractivity (Wildman–Crippen MR) is 74.3 cm³/mol. The highest BCUT2D eigenvalue weighted by Gasteiger charge is 2.20. The van der Waals surface area contributed by atoms with E-state index in [1.54, 1.807) is 0 Å². The molecule has 0 spiro atoms. The lowest BCUT2D eigenvalue weighted by atomic mass is 10.2. The van der Waals surface area contributed by atoms with Gasteiger partial charge >= 0.3 is 17.2 Å². The van der Waals surface area contributed by atoms with E-state index in [0.29, 0.717) is 4.47 Å². The van der Waals surface area contributed by atoms with Crippen LogP contribution in [0.5, 0.6) is 0 Å². The van der Waals surface area contributed by atoms with E-state index in [1.165, 1.54) is 17.9 Å². The van der Waals surface area contributed by atoms with Crippen LogP contribution in [0.2, 0.25) is 0 Å². The lowest BCUT2D eigenvalue weighted by Crippen LogP contribution is -2.24. The molecule has 21 heavy (non-hydrogen) atoms. The Balaban J connectivity index is 2.55. The monoisotopic (exact) mass is 356 g/mol. The second-order valence-electron chi connectivity index (χ2n) is 4.17. The molecular weight excluding hydrogens is 348 g/mol. The van der Waals surface area contributed by atoms with Gasteiger partial charge in [-0.3, -0.25) is 19.6 Å². The standard InChI is InChI=1S/C11H9BrN4O5/c1-14-9(7(3-13-14)11(18)19)5-15-4-6(12)2-8(10(15)17)16(20)21/h2-4H,5H2,1H3,(H,18,19). The van der Waals surface area contributed by atoms with Crippen molar-refractivity contribution in [1.29, 1.82) is 0 Å². The van der Waals surface area contributed by atoms with E-state index in [-0.39, 0.29) is 17.8 Å². The average molecular weight is 357 g/mol. The summed E-state index contributed by atoms with van der Waals surface area (Å²) >= 11 is 3.08. The maximum absolute atomic E-state index is 12.0. The lowest BCUT2D eigenvalue weighted by molar-refractivity contribution is -0.386. The molecular formula is C11H9BrN4O5. The van der Waals surface area contributed by atoms with Gasteiger partial charge in [0.2, 0.25) is 0 Å². The molecule has 0 radical (unpaired) electrons. The first-order valence-corrected chi connectivity index (χ1v) is 6.39. The summed E-state index contributed by atoms with van der Waals surface area (Å²) in [7, 11) is 1.53. The predicted octanol–water partition coefficient (Wildman–Crippen LogP) is 0.999. The maximum atomic E-state index is 12.0. The van der Waals surface area contributed by atoms with E-state index in [4.69, 9.17) is 5.11 Å². The van der Waals surface area contributed by atoms with E-state index in [9.17, 15) is 19.7 Å². The van der Waals surface area contributed by atoms with Gasteiger partial charge in [-0.2, -0.15) is 5.10 Å². The van der Waals surface area contributed by atoms with Gasteiger partial charge < -0.3 is 9.67 Å². The number of pyridine rings is 1. The molecule has 0 unspecified atom stereocenters. The van der Waals surface area contributed by atoms with Crippen molar-refractivity contribution in [1.82, 2.24) is 14.3 Å². The van der Waals surface area contributed by atoms with Gasteiger partial charge in [0, 0.05) is 23.8 Å². The summed E-state index contributed by atoms with van der Waals surface area (Å²) in [6.07, 6.45) is 2.52. The quantitative estimate of drug-likeness (QED) is 0.644. The van der Waals surface area contributed by atoms with Crippen LogP contribution >= 0.6 is 15.9 Å². The van der Waals surface area contributed by atoms with Crippen molar-refractivity contribution in [3.63, 3.8) is 0 Å². The summed E-state index contributed by atoms with van der Waals surface area (Å²) in [5, 5.41) is 23.7. The Morgan fingerprint density at radius 1 is 1.57 bits per heavy atom. The lowest BCUT2D eigenvalue weighted by Gasteiger charge is -2.08. The van der Waals surface area contributed by atoms with Crippen molar-refractivity contribution in [3.8, 4) is 0 Å². The van der Waals surface area contributed by atoms with Crippen LogP contribution in [0.3, 0.4) is 0 Å². The number of rotatable bonds is 4. The Hall–Kier alpha value is -2.49. The molecule has 10 heteroatoms. The van der Waals surface area contributed by atoms with Gasteiger partial charge in [-0.25, -0.2) is 4.79 Å². The second-order valence-corrected chi connectivity index (χ2v) is 5.08. The zero-order valence-electron chi connectivity index (χ0n) is 10.7. The van der Waals surface area contributed by atoms with Gasteiger partial charge in [0.25, 0.3) is 0 Å². The summed E-state index contributed by atoms with van der Waals surface area (Å²) in [5.41, 5.74) is -1.21. The fourth-order valence-electron chi connectivity index (χ4n) is 1.82. The van der Waals surface area contributed by atoms with E-state index in [2.05, 4.69) is 21.0 Å². The molecule has 1 N–H and O–H groups in total. The highest BCUT2D eigenvalue weighted by Crippen LogP contribution is 2.16. The molecule has 2 aromatic rings. The van der Waals surface area contributed by atoms with Gasteiger partial charge in [-0.1, -0.05) is 0 Å². The van der Waals surface area contributed by atoms with Crippen molar-refractivity contribution < 1.29 is 14.8 Å².